The van der Waals surface area contributed by atoms with Gasteiger partial charge in [-0.3, -0.25) is 10.0 Å². The van der Waals surface area contributed by atoms with Crippen molar-refractivity contribution in [2.45, 2.75) is 44.7 Å². The molecule has 3 N–H and O–H groups in total. The minimum absolute atomic E-state index is 0.0882. The summed E-state index contributed by atoms with van der Waals surface area (Å²) >= 11 is 3.04. The predicted molar refractivity (Wildman–Crippen MR) is 118 cm³/mol. The van der Waals surface area contributed by atoms with E-state index in [1.54, 1.807) is 19.2 Å². The zero-order chi connectivity index (χ0) is 22.5. The highest BCUT2D eigenvalue weighted by Gasteiger charge is 2.30. The Bertz CT molecular complexity index is 964. The van der Waals surface area contributed by atoms with Gasteiger partial charge in [0.1, 0.15) is 11.6 Å². The Morgan fingerprint density at radius 2 is 1.90 bits per heavy atom. The summed E-state index contributed by atoms with van der Waals surface area (Å²) < 4.78 is 19.6. The smallest absolute Gasteiger partial charge is 0.319 e. The lowest BCUT2D eigenvalue weighted by atomic mass is 9.90. The molecule has 0 spiro atoms. The quantitative estimate of drug-likeness (QED) is 0.409. The number of rotatable bonds is 5. The summed E-state index contributed by atoms with van der Waals surface area (Å²) in [5, 5.41) is 16.6. The average molecular weight is 494 g/mol. The van der Waals surface area contributed by atoms with Crippen LogP contribution in [-0.4, -0.2) is 41.4 Å². The van der Waals surface area contributed by atoms with Crippen LogP contribution in [0.4, 0.5) is 14.9 Å². The number of methoxy groups -OCH3 is 1. The molecule has 3 rings (SSSR count). The Morgan fingerprint density at radius 3 is 2.58 bits per heavy atom. The summed E-state index contributed by atoms with van der Waals surface area (Å²) in [6.07, 6.45) is 2.14. The molecule has 2 aromatic carbocycles. The third-order valence-corrected chi connectivity index (χ3v) is 6.05. The number of anilines is 1. The molecule has 1 aliphatic rings. The van der Waals surface area contributed by atoms with E-state index in [9.17, 15) is 19.2 Å². The summed E-state index contributed by atoms with van der Waals surface area (Å²) in [4.78, 5) is 24.8. The van der Waals surface area contributed by atoms with Crippen LogP contribution in [0.3, 0.4) is 0 Å². The van der Waals surface area contributed by atoms with Gasteiger partial charge in [-0.15, -0.1) is 0 Å². The normalized spacial score (nSPS) is 18.2. The van der Waals surface area contributed by atoms with Crippen molar-refractivity contribution in [2.24, 2.45) is 0 Å². The first-order valence-electron chi connectivity index (χ1n) is 9.98. The van der Waals surface area contributed by atoms with Gasteiger partial charge in [0.05, 0.1) is 23.2 Å². The van der Waals surface area contributed by atoms with Gasteiger partial charge >= 0.3 is 6.03 Å². The van der Waals surface area contributed by atoms with E-state index in [0.717, 1.165) is 5.56 Å². The van der Waals surface area contributed by atoms with Crippen LogP contribution in [0.2, 0.25) is 0 Å². The Labute approximate surface area is 188 Å². The molecule has 1 saturated carbocycles. The van der Waals surface area contributed by atoms with Crippen LogP contribution in [0.15, 0.2) is 40.9 Å². The summed E-state index contributed by atoms with van der Waals surface area (Å²) in [6, 6.07) is 8.92. The van der Waals surface area contributed by atoms with Crippen LogP contribution < -0.4 is 15.4 Å². The number of nitrogens with zero attached hydrogens (tertiary/aromatic N) is 1. The van der Waals surface area contributed by atoms with E-state index in [-0.39, 0.29) is 22.1 Å². The van der Waals surface area contributed by atoms with E-state index < -0.39 is 17.8 Å². The predicted octanol–water partition coefficient (Wildman–Crippen LogP) is 4.87. The average Bonchev–Trinajstić information content (AvgIpc) is 2.76. The zero-order valence-corrected chi connectivity index (χ0v) is 18.9. The molecule has 3 amide bonds. The number of benzene rings is 2. The fourth-order valence-corrected chi connectivity index (χ4v) is 4.04. The second kappa shape index (κ2) is 10.1. The number of aryl methyl sites for hydroxylation is 1. The number of halogens is 2. The number of carbonyl (C=O) groups is 2. The maximum atomic E-state index is 14.2. The van der Waals surface area contributed by atoms with Crippen LogP contribution in [0.5, 0.6) is 5.75 Å². The van der Waals surface area contributed by atoms with Crippen molar-refractivity contribution in [3.05, 3.63) is 57.8 Å². The molecule has 1 aliphatic carbocycles. The van der Waals surface area contributed by atoms with E-state index in [0.29, 0.717) is 42.2 Å². The van der Waals surface area contributed by atoms with Crippen molar-refractivity contribution in [2.75, 3.05) is 12.4 Å². The molecule has 0 aromatic heterocycles. The van der Waals surface area contributed by atoms with Gasteiger partial charge in [0.2, 0.25) is 0 Å². The van der Waals surface area contributed by atoms with E-state index >= 15 is 0 Å². The van der Waals surface area contributed by atoms with Crippen LogP contribution in [0, 0.1) is 12.7 Å². The number of ether oxygens (including phenoxy) is 1. The maximum Gasteiger partial charge on any atom is 0.319 e. The Morgan fingerprint density at radius 1 is 1.19 bits per heavy atom. The number of amides is 3. The number of hydroxylamine groups is 2. The van der Waals surface area contributed by atoms with Gasteiger partial charge in [-0.05, 0) is 72.3 Å². The van der Waals surface area contributed by atoms with Crippen LogP contribution >= 0.6 is 15.9 Å². The molecule has 2 aromatic rings. The standard InChI is InChI=1S/C22H25BrFN3O4/c1-13-6-7-15(12-19(13)31-2)26-22(29)25-14-8-10-16(11-9-14)27(30)21(28)17-4-3-5-18(23)20(17)24/h3-7,12,14,16,30H,8-11H2,1-2H3,(H2,25,26,29). The summed E-state index contributed by atoms with van der Waals surface area (Å²) in [6.45, 7) is 1.92. The number of carbonyl (C=O) groups excluding carboxylic acids is 2. The highest BCUT2D eigenvalue weighted by atomic mass is 79.9. The molecule has 0 bridgehead atoms. The van der Waals surface area contributed by atoms with Crippen LogP contribution in [-0.2, 0) is 0 Å². The number of hydrogen-bond donors (Lipinski definition) is 3. The van der Waals surface area contributed by atoms with Gasteiger partial charge in [0, 0.05) is 17.8 Å². The molecule has 0 aliphatic heterocycles. The number of urea groups is 1. The monoisotopic (exact) mass is 493 g/mol. The van der Waals surface area contributed by atoms with Gasteiger partial charge in [-0.1, -0.05) is 12.1 Å². The first kappa shape index (κ1) is 23.0. The molecule has 31 heavy (non-hydrogen) atoms. The molecular formula is C22H25BrFN3O4. The topological polar surface area (TPSA) is 90.9 Å². The van der Waals surface area contributed by atoms with Gasteiger partial charge in [-0.2, -0.15) is 0 Å². The van der Waals surface area contributed by atoms with E-state index in [2.05, 4.69) is 26.6 Å². The summed E-state index contributed by atoms with van der Waals surface area (Å²) in [7, 11) is 1.57. The minimum atomic E-state index is -0.777. The first-order chi connectivity index (χ1) is 14.8. The first-order valence-corrected chi connectivity index (χ1v) is 10.8. The molecule has 7 nitrogen and oxygen atoms in total. The van der Waals surface area contributed by atoms with E-state index in [4.69, 9.17) is 4.74 Å². The zero-order valence-electron chi connectivity index (χ0n) is 17.3. The highest BCUT2D eigenvalue weighted by molar-refractivity contribution is 9.10. The minimum Gasteiger partial charge on any atom is -0.496 e. The van der Waals surface area contributed by atoms with Crippen LogP contribution in [0.1, 0.15) is 41.6 Å². The van der Waals surface area contributed by atoms with Crippen molar-refractivity contribution in [3.63, 3.8) is 0 Å². The Hall–Kier alpha value is -2.65. The van der Waals surface area contributed by atoms with Gasteiger partial charge in [-0.25, -0.2) is 14.2 Å². The summed E-state index contributed by atoms with van der Waals surface area (Å²) in [5.74, 6) is -0.791. The Balaban J connectivity index is 1.51. The number of nitrogens with one attached hydrogen (secondary N) is 2. The number of hydrogen-bond acceptors (Lipinski definition) is 4. The molecular weight excluding hydrogens is 469 g/mol. The van der Waals surface area contributed by atoms with Crippen molar-refractivity contribution in [3.8, 4) is 5.75 Å². The molecule has 0 atom stereocenters. The van der Waals surface area contributed by atoms with Crippen molar-refractivity contribution < 1.29 is 23.9 Å². The second-order valence-corrected chi connectivity index (χ2v) is 8.39. The second-order valence-electron chi connectivity index (χ2n) is 7.54. The third kappa shape index (κ3) is 5.54. The lowest BCUT2D eigenvalue weighted by molar-refractivity contribution is -0.0978. The molecule has 166 valence electrons. The highest BCUT2D eigenvalue weighted by Crippen LogP contribution is 2.26. The molecule has 9 heteroatoms. The maximum absolute atomic E-state index is 14.2. The Kier molecular flexibility index (Phi) is 7.50. The fraction of sp³-hybridized carbons (Fsp3) is 0.364. The lowest BCUT2D eigenvalue weighted by Crippen LogP contribution is -2.46. The van der Waals surface area contributed by atoms with Gasteiger partial charge in [0.15, 0.2) is 0 Å². The molecule has 0 heterocycles. The van der Waals surface area contributed by atoms with E-state index in [1.165, 1.54) is 18.2 Å². The van der Waals surface area contributed by atoms with Crippen LogP contribution in [0.25, 0.3) is 0 Å². The molecule has 0 radical (unpaired) electrons. The van der Waals surface area contributed by atoms with Crippen molar-refractivity contribution >= 4 is 33.6 Å². The third-order valence-electron chi connectivity index (χ3n) is 5.43. The molecule has 0 saturated heterocycles. The molecule has 0 unspecified atom stereocenters. The summed E-state index contributed by atoms with van der Waals surface area (Å²) in [5.41, 5.74) is 1.40. The SMILES string of the molecule is COc1cc(NC(=O)NC2CCC(N(O)C(=O)c3cccc(Br)c3F)CC2)ccc1C. The van der Waals surface area contributed by atoms with Crippen molar-refractivity contribution in [1.82, 2.24) is 10.4 Å². The largest absolute Gasteiger partial charge is 0.496 e. The fourth-order valence-electron chi connectivity index (χ4n) is 3.67. The van der Waals surface area contributed by atoms with E-state index in [1.807, 2.05) is 13.0 Å². The molecule has 1 fully saturated rings. The van der Waals surface area contributed by atoms with Gasteiger partial charge < -0.3 is 15.4 Å². The van der Waals surface area contributed by atoms with Gasteiger partial charge in [0.25, 0.3) is 5.91 Å². The van der Waals surface area contributed by atoms with Crippen molar-refractivity contribution in [1.29, 1.82) is 0 Å². The lowest BCUT2D eigenvalue weighted by Gasteiger charge is -2.33.